The van der Waals surface area contributed by atoms with Crippen molar-refractivity contribution in [3.63, 3.8) is 0 Å². The number of piperidine rings is 2. The number of aromatic nitrogens is 1. The summed E-state index contributed by atoms with van der Waals surface area (Å²) in [4.78, 5) is 8.50. The van der Waals surface area contributed by atoms with Gasteiger partial charge >= 0.3 is 0 Å². The van der Waals surface area contributed by atoms with Crippen LogP contribution in [0.3, 0.4) is 0 Å². The maximum atomic E-state index is 10.8. The van der Waals surface area contributed by atoms with Crippen LogP contribution in [0.15, 0.2) is 30.5 Å². The van der Waals surface area contributed by atoms with E-state index in [2.05, 4.69) is 52.9 Å². The number of aliphatic hydroxyl groups excluding tert-OH is 1. The SMILES string of the molecule is CC12CN3CC(C)(CN(C1)C3c1cccc3[nH]ccc13)C2O. The summed E-state index contributed by atoms with van der Waals surface area (Å²) in [6, 6.07) is 8.76. The Morgan fingerprint density at radius 2 is 1.68 bits per heavy atom. The lowest BCUT2D eigenvalue weighted by Crippen LogP contribution is -2.76. The number of aliphatic hydroxyl groups is 1. The molecule has 4 saturated heterocycles. The molecule has 1 aromatic carbocycles. The van der Waals surface area contributed by atoms with Crippen molar-refractivity contribution in [3.8, 4) is 0 Å². The van der Waals surface area contributed by atoms with E-state index in [9.17, 15) is 5.11 Å². The van der Waals surface area contributed by atoms with Crippen LogP contribution in [0.4, 0.5) is 0 Å². The molecule has 0 amide bonds. The summed E-state index contributed by atoms with van der Waals surface area (Å²) in [5.74, 6) is 0. The van der Waals surface area contributed by atoms with Crippen LogP contribution >= 0.6 is 0 Å². The molecule has 4 aliphatic heterocycles. The first kappa shape index (κ1) is 13.1. The Balaban J connectivity index is 1.63. The largest absolute Gasteiger partial charge is 0.392 e. The number of hydrogen-bond donors (Lipinski definition) is 2. The van der Waals surface area contributed by atoms with Crippen LogP contribution in [0, 0.1) is 10.8 Å². The minimum absolute atomic E-state index is 0.00773. The predicted octanol–water partition coefficient (Wildman–Crippen LogP) is 2.18. The number of hydrogen-bond acceptors (Lipinski definition) is 3. The standard InChI is InChI=1S/C18H23N3O/c1-17-8-20-10-18(2,16(17)22)11-21(9-17)15(20)13-4-3-5-14-12(13)6-7-19-14/h3-7,15-16,19,22H,8-11H2,1-2H3. The van der Waals surface area contributed by atoms with Crippen LogP contribution in [0.5, 0.6) is 0 Å². The molecular formula is C18H23N3O. The van der Waals surface area contributed by atoms with Gasteiger partial charge in [0.05, 0.1) is 12.3 Å². The molecule has 0 spiro atoms. The van der Waals surface area contributed by atoms with E-state index in [1.807, 2.05) is 6.20 Å². The van der Waals surface area contributed by atoms with Gasteiger partial charge in [0.25, 0.3) is 0 Å². The summed E-state index contributed by atoms with van der Waals surface area (Å²) >= 11 is 0. The molecule has 0 saturated carbocycles. The van der Waals surface area contributed by atoms with Crippen molar-refractivity contribution in [1.82, 2.24) is 14.8 Å². The van der Waals surface area contributed by atoms with Gasteiger partial charge in [-0.1, -0.05) is 26.0 Å². The highest BCUT2D eigenvalue weighted by molar-refractivity contribution is 5.83. The molecule has 0 atom stereocenters. The smallest absolute Gasteiger partial charge is 0.0893 e. The lowest BCUT2D eigenvalue weighted by molar-refractivity contribution is -0.253. The van der Waals surface area contributed by atoms with Gasteiger partial charge < -0.3 is 10.1 Å². The van der Waals surface area contributed by atoms with E-state index in [4.69, 9.17) is 0 Å². The van der Waals surface area contributed by atoms with Crippen LogP contribution in [-0.2, 0) is 0 Å². The van der Waals surface area contributed by atoms with Crippen LogP contribution in [-0.4, -0.2) is 52.2 Å². The van der Waals surface area contributed by atoms with Crippen molar-refractivity contribution in [3.05, 3.63) is 36.0 Å². The van der Waals surface area contributed by atoms with Crippen molar-refractivity contribution in [2.45, 2.75) is 26.1 Å². The normalized spacial score (nSPS) is 46.5. The molecule has 0 radical (unpaired) electrons. The van der Waals surface area contributed by atoms with Gasteiger partial charge in [0.1, 0.15) is 0 Å². The minimum atomic E-state index is -0.184. The van der Waals surface area contributed by atoms with Crippen molar-refractivity contribution < 1.29 is 5.11 Å². The molecule has 4 bridgehead atoms. The first-order chi connectivity index (χ1) is 10.5. The van der Waals surface area contributed by atoms with Gasteiger partial charge in [0, 0.05) is 54.1 Å². The van der Waals surface area contributed by atoms with Gasteiger partial charge in [-0.2, -0.15) is 0 Å². The highest BCUT2D eigenvalue weighted by Crippen LogP contribution is 2.54. The van der Waals surface area contributed by atoms with Crippen molar-refractivity contribution >= 4 is 10.9 Å². The third-order valence-electron chi connectivity index (χ3n) is 6.18. The Morgan fingerprint density at radius 1 is 1.05 bits per heavy atom. The Kier molecular flexibility index (Phi) is 2.35. The lowest BCUT2D eigenvalue weighted by Gasteiger charge is -2.68. The number of benzene rings is 1. The van der Waals surface area contributed by atoms with Crippen LogP contribution < -0.4 is 0 Å². The first-order valence-electron chi connectivity index (χ1n) is 8.22. The molecule has 1 aromatic heterocycles. The fourth-order valence-electron chi connectivity index (χ4n) is 5.56. The Morgan fingerprint density at radius 3 is 2.32 bits per heavy atom. The second kappa shape index (κ2) is 3.94. The molecule has 4 nitrogen and oxygen atoms in total. The lowest BCUT2D eigenvalue weighted by atomic mass is 9.60. The van der Waals surface area contributed by atoms with Crippen LogP contribution in [0.25, 0.3) is 10.9 Å². The zero-order chi connectivity index (χ0) is 15.1. The summed E-state index contributed by atoms with van der Waals surface area (Å²) in [6.45, 7) is 8.47. The van der Waals surface area contributed by atoms with Crippen molar-refractivity contribution in [2.24, 2.45) is 10.8 Å². The van der Waals surface area contributed by atoms with E-state index in [0.29, 0.717) is 6.17 Å². The quantitative estimate of drug-likeness (QED) is 0.848. The van der Waals surface area contributed by atoms with E-state index in [-0.39, 0.29) is 16.9 Å². The van der Waals surface area contributed by atoms with Gasteiger partial charge in [-0.3, -0.25) is 9.80 Å². The topological polar surface area (TPSA) is 42.5 Å². The Labute approximate surface area is 130 Å². The highest BCUT2D eigenvalue weighted by atomic mass is 16.3. The molecule has 4 heteroatoms. The fourth-order valence-corrected chi connectivity index (χ4v) is 5.56. The molecule has 116 valence electrons. The van der Waals surface area contributed by atoms with E-state index in [0.717, 1.165) is 26.2 Å². The van der Waals surface area contributed by atoms with Gasteiger partial charge in [0.15, 0.2) is 0 Å². The molecule has 4 aliphatic rings. The van der Waals surface area contributed by atoms with E-state index < -0.39 is 0 Å². The number of nitrogens with zero attached hydrogens (tertiary/aromatic N) is 2. The summed E-state index contributed by atoms with van der Waals surface area (Å²) in [6.07, 6.45) is 2.20. The van der Waals surface area contributed by atoms with Gasteiger partial charge in [-0.15, -0.1) is 0 Å². The number of fused-ring (bicyclic) bond motifs is 1. The molecule has 4 fully saturated rings. The molecule has 2 N–H and O–H groups in total. The van der Waals surface area contributed by atoms with Crippen LogP contribution in [0.1, 0.15) is 25.6 Å². The maximum absolute atomic E-state index is 10.8. The number of H-pyrrole nitrogens is 1. The summed E-state index contributed by atoms with van der Waals surface area (Å²) < 4.78 is 0. The molecule has 2 aromatic rings. The summed E-state index contributed by atoms with van der Waals surface area (Å²) in [7, 11) is 0. The van der Waals surface area contributed by atoms with Crippen LogP contribution in [0.2, 0.25) is 0 Å². The summed E-state index contributed by atoms with van der Waals surface area (Å²) in [5, 5.41) is 12.1. The fraction of sp³-hybridized carbons (Fsp3) is 0.556. The molecule has 6 rings (SSSR count). The first-order valence-corrected chi connectivity index (χ1v) is 8.22. The minimum Gasteiger partial charge on any atom is -0.392 e. The second-order valence-electron chi connectivity index (χ2n) is 8.18. The average molecular weight is 297 g/mol. The molecule has 22 heavy (non-hydrogen) atoms. The van der Waals surface area contributed by atoms with Gasteiger partial charge in [-0.05, 0) is 17.7 Å². The number of nitrogens with one attached hydrogen (secondary N) is 1. The van der Waals surface area contributed by atoms with Gasteiger partial charge in [0.2, 0.25) is 0 Å². The zero-order valence-electron chi connectivity index (χ0n) is 13.2. The van der Waals surface area contributed by atoms with Crippen molar-refractivity contribution in [1.29, 1.82) is 0 Å². The number of rotatable bonds is 1. The summed E-state index contributed by atoms with van der Waals surface area (Å²) in [5.41, 5.74) is 2.63. The molecular weight excluding hydrogens is 274 g/mol. The maximum Gasteiger partial charge on any atom is 0.0893 e. The Hall–Kier alpha value is -1.36. The highest BCUT2D eigenvalue weighted by Gasteiger charge is 2.61. The third kappa shape index (κ3) is 1.48. The van der Waals surface area contributed by atoms with E-state index >= 15 is 0 Å². The molecule has 0 aliphatic carbocycles. The Bertz CT molecular complexity index is 714. The predicted molar refractivity (Wildman–Crippen MR) is 86.4 cm³/mol. The van der Waals surface area contributed by atoms with E-state index in [1.54, 1.807) is 0 Å². The van der Waals surface area contributed by atoms with Crippen molar-refractivity contribution in [2.75, 3.05) is 26.2 Å². The monoisotopic (exact) mass is 297 g/mol. The molecule has 5 heterocycles. The van der Waals surface area contributed by atoms with E-state index in [1.165, 1.54) is 16.5 Å². The zero-order valence-corrected chi connectivity index (χ0v) is 13.2. The number of aromatic amines is 1. The molecule has 0 unspecified atom stereocenters. The van der Waals surface area contributed by atoms with Gasteiger partial charge in [-0.25, -0.2) is 0 Å². The average Bonchev–Trinajstić information content (AvgIpc) is 2.92. The third-order valence-corrected chi connectivity index (χ3v) is 6.18. The second-order valence-corrected chi connectivity index (χ2v) is 8.18.